The van der Waals surface area contributed by atoms with Gasteiger partial charge in [-0.2, -0.15) is 0 Å². The smallest absolute Gasteiger partial charge is 0.0708 e. The summed E-state index contributed by atoms with van der Waals surface area (Å²) in [5.41, 5.74) is 17.8. The van der Waals surface area contributed by atoms with Gasteiger partial charge in [0.1, 0.15) is 0 Å². The van der Waals surface area contributed by atoms with Crippen molar-refractivity contribution >= 4 is 87.5 Å². The highest BCUT2D eigenvalue weighted by Gasteiger charge is 2.19. The first kappa shape index (κ1) is 41.3. The number of aliphatic imine (C=N–C) groups is 1. The summed E-state index contributed by atoms with van der Waals surface area (Å²) in [5.74, 6) is 0. The standard InChI is InChI=1S/C65H44N4S/c1-3-4-23-58(66-2)50-20-10-8-18-48(50)44-27-32-62-54(39-44)55-40-45(49-19-9-11-21-51(49)59-24-14-15-36-67-59)28-33-63(55)69(62)47-30-35-65-57(41-47)56-38-43(29-34-64(56)70-65)42-26-31-61-53(37-42)52-22-12-13-25-60(52)68(61)46-16-6-5-7-17-46/h3-41H,2H2,1H3/b4-3-,58-23-. The van der Waals surface area contributed by atoms with Crippen LogP contribution in [-0.2, 0) is 0 Å². The van der Waals surface area contributed by atoms with E-state index in [2.05, 4.69) is 227 Å². The third-order valence-electron chi connectivity index (χ3n) is 13.8. The summed E-state index contributed by atoms with van der Waals surface area (Å²) in [4.78, 5) is 9.22. The number of rotatable bonds is 9. The number of thiophene rings is 1. The first-order valence-corrected chi connectivity index (χ1v) is 24.5. The van der Waals surface area contributed by atoms with Gasteiger partial charge in [0.05, 0.1) is 33.5 Å². The molecular formula is C65H44N4S. The largest absolute Gasteiger partial charge is 0.309 e. The lowest BCUT2D eigenvalue weighted by atomic mass is 9.94. The summed E-state index contributed by atoms with van der Waals surface area (Å²) in [7, 11) is 0. The van der Waals surface area contributed by atoms with Crippen molar-refractivity contribution in [1.29, 1.82) is 0 Å². The first-order chi connectivity index (χ1) is 34.6. The van der Waals surface area contributed by atoms with E-state index in [0.29, 0.717) is 0 Å². The molecule has 0 saturated heterocycles. The topological polar surface area (TPSA) is 35.1 Å². The van der Waals surface area contributed by atoms with Crippen LogP contribution < -0.4 is 0 Å². The quantitative estimate of drug-likeness (QED) is 0.105. The molecule has 0 aliphatic rings. The fourth-order valence-corrected chi connectivity index (χ4v) is 11.6. The van der Waals surface area contributed by atoms with E-state index in [9.17, 15) is 0 Å². The van der Waals surface area contributed by atoms with Crippen molar-refractivity contribution in [2.24, 2.45) is 4.99 Å². The molecule has 0 aliphatic heterocycles. The predicted molar refractivity (Wildman–Crippen MR) is 300 cm³/mol. The lowest BCUT2D eigenvalue weighted by molar-refractivity contribution is 1.18. The number of hydrogen-bond acceptors (Lipinski definition) is 3. The maximum absolute atomic E-state index is 4.76. The molecule has 0 spiro atoms. The maximum Gasteiger partial charge on any atom is 0.0708 e. The fourth-order valence-electron chi connectivity index (χ4n) is 10.6. The molecule has 0 radical (unpaired) electrons. The van der Waals surface area contributed by atoms with E-state index in [-0.39, 0.29) is 0 Å². The number of pyridine rings is 1. The van der Waals surface area contributed by atoms with Crippen LogP contribution in [0.3, 0.4) is 0 Å². The van der Waals surface area contributed by atoms with Gasteiger partial charge < -0.3 is 9.13 Å². The van der Waals surface area contributed by atoms with Crippen molar-refractivity contribution < 1.29 is 0 Å². The average Bonchev–Trinajstić information content (AvgIpc) is 4.08. The van der Waals surface area contributed by atoms with Gasteiger partial charge in [0, 0.05) is 70.4 Å². The van der Waals surface area contributed by atoms with Crippen LogP contribution >= 0.6 is 11.3 Å². The van der Waals surface area contributed by atoms with Crippen molar-refractivity contribution in [1.82, 2.24) is 14.1 Å². The summed E-state index contributed by atoms with van der Waals surface area (Å²) in [6, 6.07) is 77.3. The minimum atomic E-state index is 0.834. The Hall–Kier alpha value is -8.90. The third kappa shape index (κ3) is 6.81. The Balaban J connectivity index is 0.986. The number of aromatic nitrogens is 3. The van der Waals surface area contributed by atoms with Crippen LogP contribution in [-0.4, -0.2) is 20.8 Å². The minimum Gasteiger partial charge on any atom is -0.309 e. The number of nitrogens with zero attached hydrogens (tertiary/aromatic N) is 4. The number of fused-ring (bicyclic) bond motifs is 9. The summed E-state index contributed by atoms with van der Waals surface area (Å²) >= 11 is 1.85. The molecule has 4 aromatic heterocycles. The Morgan fingerprint density at radius 1 is 0.457 bits per heavy atom. The molecule has 5 heteroatoms. The lowest BCUT2D eigenvalue weighted by Gasteiger charge is -2.12. The second-order valence-corrected chi connectivity index (χ2v) is 18.8. The van der Waals surface area contributed by atoms with E-state index >= 15 is 0 Å². The van der Waals surface area contributed by atoms with Crippen LogP contribution in [0, 0.1) is 0 Å². The highest BCUT2D eigenvalue weighted by atomic mass is 32.1. The summed E-state index contributed by atoms with van der Waals surface area (Å²) in [6.07, 6.45) is 7.92. The monoisotopic (exact) mass is 912 g/mol. The van der Waals surface area contributed by atoms with E-state index in [1.165, 1.54) is 63.9 Å². The fraction of sp³-hybridized carbons (Fsp3) is 0.0154. The van der Waals surface area contributed by atoms with Gasteiger partial charge in [-0.1, -0.05) is 127 Å². The second-order valence-electron chi connectivity index (χ2n) is 17.8. The molecule has 0 saturated carbocycles. The Bertz CT molecular complexity index is 4260. The Kier molecular flexibility index (Phi) is 10.0. The van der Waals surface area contributed by atoms with Crippen molar-refractivity contribution in [2.75, 3.05) is 0 Å². The summed E-state index contributed by atoms with van der Waals surface area (Å²) in [5, 5.41) is 7.36. The van der Waals surface area contributed by atoms with Crippen LogP contribution in [0.2, 0.25) is 0 Å². The van der Waals surface area contributed by atoms with Crippen LogP contribution in [0.5, 0.6) is 0 Å². The molecule has 0 N–H and O–H groups in total. The van der Waals surface area contributed by atoms with Crippen molar-refractivity contribution in [3.05, 3.63) is 242 Å². The number of benzene rings is 9. The van der Waals surface area contributed by atoms with Crippen molar-refractivity contribution in [2.45, 2.75) is 6.92 Å². The van der Waals surface area contributed by atoms with Gasteiger partial charge in [-0.05, 0) is 150 Å². The van der Waals surface area contributed by atoms with Crippen molar-refractivity contribution in [3.63, 3.8) is 0 Å². The normalized spacial score (nSPS) is 12.2. The van der Waals surface area contributed by atoms with Gasteiger partial charge in [0.2, 0.25) is 0 Å². The highest BCUT2D eigenvalue weighted by molar-refractivity contribution is 7.25. The van der Waals surface area contributed by atoms with Crippen LogP contribution in [0.15, 0.2) is 242 Å². The molecule has 0 unspecified atom stereocenters. The third-order valence-corrected chi connectivity index (χ3v) is 15.0. The molecular weight excluding hydrogens is 869 g/mol. The molecule has 330 valence electrons. The maximum atomic E-state index is 4.76. The molecule has 0 bridgehead atoms. The molecule has 0 fully saturated rings. The summed E-state index contributed by atoms with van der Waals surface area (Å²) < 4.78 is 7.36. The molecule has 13 aromatic rings. The highest BCUT2D eigenvalue weighted by Crippen LogP contribution is 2.43. The van der Waals surface area contributed by atoms with Crippen LogP contribution in [0.4, 0.5) is 0 Å². The lowest BCUT2D eigenvalue weighted by Crippen LogP contribution is -1.94. The van der Waals surface area contributed by atoms with E-state index in [1.54, 1.807) is 0 Å². The van der Waals surface area contributed by atoms with Gasteiger partial charge >= 0.3 is 0 Å². The van der Waals surface area contributed by atoms with Gasteiger partial charge in [-0.15, -0.1) is 11.3 Å². The van der Waals surface area contributed by atoms with E-state index in [0.717, 1.165) is 67.2 Å². The molecule has 70 heavy (non-hydrogen) atoms. The zero-order valence-corrected chi connectivity index (χ0v) is 39.2. The van der Waals surface area contributed by atoms with E-state index in [1.807, 2.05) is 48.8 Å². The van der Waals surface area contributed by atoms with Gasteiger partial charge in [0.15, 0.2) is 0 Å². The zero-order valence-electron chi connectivity index (χ0n) is 38.4. The number of hydrogen-bond donors (Lipinski definition) is 0. The minimum absolute atomic E-state index is 0.834. The van der Waals surface area contributed by atoms with E-state index in [4.69, 9.17) is 4.98 Å². The molecule has 0 amide bonds. The zero-order chi connectivity index (χ0) is 46.7. The van der Waals surface area contributed by atoms with Gasteiger partial charge in [-0.3, -0.25) is 9.98 Å². The SMILES string of the molecule is C=N/C(=C\C=C/C)c1ccccc1-c1ccc2c(c1)c1cc(-c3ccccc3-c3ccccn3)ccc1n2-c1ccc2sc3ccc(-c4ccc5c(c4)c4ccccc4n5-c4ccccc4)cc3c2c1. The average molecular weight is 913 g/mol. The second kappa shape index (κ2) is 17.0. The Labute approximate surface area is 409 Å². The van der Waals surface area contributed by atoms with Crippen LogP contribution in [0.25, 0.3) is 125 Å². The number of allylic oxidation sites excluding steroid dienone is 3. The van der Waals surface area contributed by atoms with Gasteiger partial charge in [0.25, 0.3) is 0 Å². The van der Waals surface area contributed by atoms with Gasteiger partial charge in [-0.25, -0.2) is 0 Å². The molecule has 0 atom stereocenters. The Morgan fingerprint density at radius 2 is 1.00 bits per heavy atom. The molecule has 9 aromatic carbocycles. The molecule has 0 aliphatic carbocycles. The van der Waals surface area contributed by atoms with E-state index < -0.39 is 0 Å². The first-order valence-electron chi connectivity index (χ1n) is 23.7. The van der Waals surface area contributed by atoms with Crippen LogP contribution in [0.1, 0.15) is 12.5 Å². The predicted octanol–water partition coefficient (Wildman–Crippen LogP) is 17.9. The molecule has 4 heterocycles. The molecule has 13 rings (SSSR count). The molecule has 4 nitrogen and oxygen atoms in total. The Morgan fingerprint density at radius 3 is 1.73 bits per heavy atom. The summed E-state index contributed by atoms with van der Waals surface area (Å²) in [6.45, 7) is 5.96. The van der Waals surface area contributed by atoms with Crippen molar-refractivity contribution in [3.8, 4) is 56.0 Å². The number of para-hydroxylation sites is 2.